The number of hydrogen-bond acceptors (Lipinski definition) is 8. The first-order valence-electron chi connectivity index (χ1n) is 12.9. The second-order valence-corrected chi connectivity index (χ2v) is 10.6. The van der Waals surface area contributed by atoms with Crippen molar-refractivity contribution in [3.05, 3.63) is 53.3 Å². The quantitative estimate of drug-likeness (QED) is 0.331. The number of thiazole rings is 1. The van der Waals surface area contributed by atoms with Gasteiger partial charge in [-0.05, 0) is 49.2 Å². The minimum absolute atomic E-state index is 0.0597. The van der Waals surface area contributed by atoms with Gasteiger partial charge in [0, 0.05) is 50.1 Å². The summed E-state index contributed by atoms with van der Waals surface area (Å²) in [5.41, 5.74) is 3.41. The van der Waals surface area contributed by atoms with Gasteiger partial charge in [0.05, 0.1) is 24.1 Å². The molecule has 5 heterocycles. The van der Waals surface area contributed by atoms with Gasteiger partial charge in [-0.15, -0.1) is 16.4 Å². The maximum Gasteiger partial charge on any atom is 0.209 e. The maximum absolute atomic E-state index is 13.4. The molecule has 2 atom stereocenters. The molecule has 2 fully saturated rings. The number of aryl methyl sites for hydroxylation is 1. The number of anilines is 3. The van der Waals surface area contributed by atoms with Gasteiger partial charge in [0.15, 0.2) is 16.6 Å². The van der Waals surface area contributed by atoms with Crippen LogP contribution in [0, 0.1) is 11.7 Å². The molecule has 38 heavy (non-hydrogen) atoms. The number of ether oxygens (including phenoxy) is 1. The number of halogens is 1. The van der Waals surface area contributed by atoms with Gasteiger partial charge in [-0.1, -0.05) is 6.92 Å². The van der Waals surface area contributed by atoms with E-state index in [9.17, 15) is 9.18 Å². The molecule has 2 unspecified atom stereocenters. The fraction of sp³-hybridized carbons (Fsp3) is 0.407. The number of nitrogens with zero attached hydrogens (tertiary/aromatic N) is 7. The van der Waals surface area contributed by atoms with Crippen molar-refractivity contribution < 1.29 is 13.9 Å². The summed E-state index contributed by atoms with van der Waals surface area (Å²) in [4.78, 5) is 27.0. The van der Waals surface area contributed by atoms with Gasteiger partial charge >= 0.3 is 0 Å². The van der Waals surface area contributed by atoms with Crippen LogP contribution < -0.4 is 9.80 Å². The average Bonchev–Trinajstić information content (AvgIpc) is 3.71. The third-order valence-electron chi connectivity index (χ3n) is 7.43. The Morgan fingerprint density at radius 2 is 2.00 bits per heavy atom. The highest BCUT2D eigenvalue weighted by molar-refractivity contribution is 7.14. The Hall–Kier alpha value is -3.57. The zero-order valence-electron chi connectivity index (χ0n) is 21.5. The third kappa shape index (κ3) is 4.60. The number of carbonyl (C=O) groups excluding carboxylic acids is 1. The first kappa shape index (κ1) is 24.7. The number of rotatable bonds is 7. The van der Waals surface area contributed by atoms with Crippen molar-refractivity contribution in [2.75, 3.05) is 49.6 Å². The van der Waals surface area contributed by atoms with Crippen molar-refractivity contribution in [1.82, 2.24) is 24.5 Å². The number of hydrogen-bond donors (Lipinski definition) is 0. The van der Waals surface area contributed by atoms with Gasteiger partial charge in [0.25, 0.3) is 0 Å². The summed E-state index contributed by atoms with van der Waals surface area (Å²) in [6.45, 7) is 5.72. The van der Waals surface area contributed by atoms with Crippen LogP contribution in [0.2, 0.25) is 0 Å². The van der Waals surface area contributed by atoms with Gasteiger partial charge < -0.3 is 19.4 Å². The van der Waals surface area contributed by atoms with E-state index in [0.29, 0.717) is 25.6 Å². The molecule has 11 heteroatoms. The van der Waals surface area contributed by atoms with Crippen LogP contribution in [0.5, 0.6) is 0 Å². The second-order valence-electron chi connectivity index (χ2n) is 9.78. The Labute approximate surface area is 224 Å². The molecule has 0 radical (unpaired) electrons. The van der Waals surface area contributed by atoms with Crippen molar-refractivity contribution in [2.45, 2.75) is 25.9 Å². The molecule has 0 spiro atoms. The topological polar surface area (TPSA) is 79.1 Å². The van der Waals surface area contributed by atoms with Crippen LogP contribution in [-0.4, -0.2) is 76.8 Å². The first-order valence-corrected chi connectivity index (χ1v) is 13.8. The van der Waals surface area contributed by atoms with Crippen molar-refractivity contribution in [3.63, 3.8) is 0 Å². The minimum Gasteiger partial charge on any atom is -0.374 e. The highest BCUT2D eigenvalue weighted by Crippen LogP contribution is 2.34. The van der Waals surface area contributed by atoms with Gasteiger partial charge in [-0.25, -0.2) is 14.4 Å². The summed E-state index contributed by atoms with van der Waals surface area (Å²) < 4.78 is 21.3. The summed E-state index contributed by atoms with van der Waals surface area (Å²) in [6, 6.07) is 10.4. The van der Waals surface area contributed by atoms with Crippen molar-refractivity contribution in [2.24, 2.45) is 5.92 Å². The molecule has 198 valence electrons. The van der Waals surface area contributed by atoms with Gasteiger partial charge in [0.2, 0.25) is 6.41 Å². The van der Waals surface area contributed by atoms with E-state index in [4.69, 9.17) is 19.8 Å². The van der Waals surface area contributed by atoms with Crippen LogP contribution >= 0.6 is 11.3 Å². The number of fused-ring (bicyclic) bond motifs is 1. The Balaban J connectivity index is 1.27. The first-order chi connectivity index (χ1) is 18.5. The van der Waals surface area contributed by atoms with E-state index in [2.05, 4.69) is 11.8 Å². The number of carbonyl (C=O) groups is 1. The van der Waals surface area contributed by atoms with E-state index in [1.54, 1.807) is 17.0 Å². The Morgan fingerprint density at radius 1 is 1.16 bits per heavy atom. The van der Waals surface area contributed by atoms with Crippen LogP contribution in [0.1, 0.15) is 19.0 Å². The van der Waals surface area contributed by atoms with Crippen molar-refractivity contribution >= 4 is 40.2 Å². The molecule has 0 aliphatic carbocycles. The van der Waals surface area contributed by atoms with Gasteiger partial charge in [-0.2, -0.15) is 4.52 Å². The molecule has 2 aliphatic heterocycles. The molecule has 6 rings (SSSR count). The number of amides is 1. The zero-order chi connectivity index (χ0) is 26.2. The molecule has 0 N–H and O–H groups in total. The normalized spacial score (nSPS) is 19.9. The molecule has 2 aliphatic rings. The summed E-state index contributed by atoms with van der Waals surface area (Å²) in [5, 5.41) is 7.82. The van der Waals surface area contributed by atoms with E-state index >= 15 is 0 Å². The SMILES string of the molecule is CCc1nc2ccc(N3CCC(C4CN(C=O)CCO4)C3)nn2c1N(C)c1nc(-c2ccc(F)cc2)cs1. The van der Waals surface area contributed by atoms with E-state index in [1.165, 1.54) is 23.5 Å². The fourth-order valence-corrected chi connectivity index (χ4v) is 6.14. The summed E-state index contributed by atoms with van der Waals surface area (Å²) >= 11 is 1.53. The second kappa shape index (κ2) is 10.3. The molecule has 1 amide bonds. The lowest BCUT2D eigenvalue weighted by molar-refractivity contribution is -0.127. The third-order valence-corrected chi connectivity index (χ3v) is 8.35. The molecule has 0 saturated carbocycles. The average molecular weight is 536 g/mol. The Morgan fingerprint density at radius 3 is 2.79 bits per heavy atom. The van der Waals surface area contributed by atoms with Crippen molar-refractivity contribution in [3.8, 4) is 11.3 Å². The fourth-order valence-electron chi connectivity index (χ4n) is 5.34. The molecule has 4 aromatic rings. The molecular weight excluding hydrogens is 505 g/mol. The van der Waals surface area contributed by atoms with Crippen LogP contribution in [0.3, 0.4) is 0 Å². The molecule has 3 aromatic heterocycles. The number of imidazole rings is 1. The van der Waals surface area contributed by atoms with E-state index in [-0.39, 0.29) is 11.9 Å². The maximum atomic E-state index is 13.4. The predicted octanol–water partition coefficient (Wildman–Crippen LogP) is 4.01. The molecule has 2 saturated heterocycles. The van der Waals surface area contributed by atoms with E-state index in [1.807, 2.05) is 34.0 Å². The van der Waals surface area contributed by atoms with E-state index < -0.39 is 0 Å². The van der Waals surface area contributed by atoms with Crippen LogP contribution in [0.15, 0.2) is 41.8 Å². The standard InChI is InChI=1S/C27H30FN7O2S/c1-3-21-26(32(2)27-30-22(16-38-27)18-4-6-20(28)7-5-18)35-24(29-21)8-9-25(31-35)34-11-10-19(14-34)23-15-33(17-36)12-13-37-23/h4-9,16-17,19,23H,3,10-15H2,1-2H3. The summed E-state index contributed by atoms with van der Waals surface area (Å²) in [6.07, 6.45) is 2.74. The highest BCUT2D eigenvalue weighted by Gasteiger charge is 2.34. The Bertz CT molecular complexity index is 1440. The largest absolute Gasteiger partial charge is 0.374 e. The predicted molar refractivity (Wildman–Crippen MR) is 146 cm³/mol. The van der Waals surface area contributed by atoms with E-state index in [0.717, 1.165) is 71.7 Å². The molecule has 0 bridgehead atoms. The zero-order valence-corrected chi connectivity index (χ0v) is 22.3. The number of morpholine rings is 1. The number of benzene rings is 1. The van der Waals surface area contributed by atoms with Crippen LogP contribution in [-0.2, 0) is 16.0 Å². The summed E-state index contributed by atoms with van der Waals surface area (Å²) in [7, 11) is 1.98. The lowest BCUT2D eigenvalue weighted by Crippen LogP contribution is -2.45. The molecule has 1 aromatic carbocycles. The Kier molecular flexibility index (Phi) is 6.71. The monoisotopic (exact) mass is 535 g/mol. The van der Waals surface area contributed by atoms with Crippen LogP contribution in [0.4, 0.5) is 21.2 Å². The summed E-state index contributed by atoms with van der Waals surface area (Å²) in [5.74, 6) is 1.87. The smallest absolute Gasteiger partial charge is 0.209 e. The van der Waals surface area contributed by atoms with Crippen molar-refractivity contribution in [1.29, 1.82) is 0 Å². The lowest BCUT2D eigenvalue weighted by Gasteiger charge is -2.33. The van der Waals surface area contributed by atoms with Gasteiger partial charge in [-0.3, -0.25) is 4.79 Å². The number of aromatic nitrogens is 4. The lowest BCUT2D eigenvalue weighted by atomic mass is 10.0. The van der Waals surface area contributed by atoms with Crippen LogP contribution in [0.25, 0.3) is 16.9 Å². The highest BCUT2D eigenvalue weighted by atomic mass is 32.1. The molecular formula is C27H30FN7O2S. The minimum atomic E-state index is -0.264. The van der Waals surface area contributed by atoms with Gasteiger partial charge in [0.1, 0.15) is 11.6 Å². The molecule has 9 nitrogen and oxygen atoms in total.